The van der Waals surface area contributed by atoms with Gasteiger partial charge in [-0.25, -0.2) is 0 Å². The summed E-state index contributed by atoms with van der Waals surface area (Å²) in [5.74, 6) is 6.35. The van der Waals surface area contributed by atoms with Gasteiger partial charge in [0.05, 0.1) is 6.10 Å². The Morgan fingerprint density at radius 3 is 2.57 bits per heavy atom. The highest BCUT2D eigenvalue weighted by Gasteiger charge is 2.18. The summed E-state index contributed by atoms with van der Waals surface area (Å²) in [7, 11) is 1.79. The van der Waals surface area contributed by atoms with Crippen LogP contribution in [-0.2, 0) is 4.74 Å². The molecular weight excluding hydrogens is 266 g/mol. The molecule has 1 aromatic rings. The van der Waals surface area contributed by atoms with Crippen LogP contribution < -0.4 is 4.74 Å². The number of nitrogens with zero attached hydrogens (tertiary/aromatic N) is 1. The van der Waals surface area contributed by atoms with Crippen molar-refractivity contribution >= 4 is 0 Å². The van der Waals surface area contributed by atoms with E-state index in [-0.39, 0.29) is 6.61 Å². The summed E-state index contributed by atoms with van der Waals surface area (Å²) in [6.45, 7) is 3.69. The maximum atomic E-state index is 8.64. The molecule has 4 heteroatoms. The van der Waals surface area contributed by atoms with Gasteiger partial charge in [-0.05, 0) is 37.1 Å². The van der Waals surface area contributed by atoms with E-state index in [4.69, 9.17) is 14.6 Å². The third kappa shape index (κ3) is 5.39. The molecule has 0 saturated carbocycles. The minimum absolute atomic E-state index is 0.113. The van der Waals surface area contributed by atoms with Crippen LogP contribution in [0.2, 0.25) is 0 Å². The molecule has 1 aliphatic rings. The average Bonchev–Trinajstić information content (AvgIpc) is 2.55. The molecule has 1 N–H and O–H groups in total. The summed E-state index contributed by atoms with van der Waals surface area (Å²) in [6, 6.07) is 7.64. The Balaban J connectivity index is 1.69. The first-order chi connectivity index (χ1) is 10.3. The fourth-order valence-electron chi connectivity index (χ4n) is 2.44. The number of hydrogen-bond donors (Lipinski definition) is 1. The summed E-state index contributed by atoms with van der Waals surface area (Å²) in [6.07, 6.45) is 2.64. The van der Waals surface area contributed by atoms with E-state index in [1.165, 1.54) is 0 Å². The number of benzene rings is 1. The van der Waals surface area contributed by atoms with Crippen molar-refractivity contribution in [1.82, 2.24) is 4.90 Å². The van der Waals surface area contributed by atoms with Crippen LogP contribution in [0.1, 0.15) is 18.4 Å². The van der Waals surface area contributed by atoms with E-state index in [0.29, 0.717) is 12.7 Å². The van der Waals surface area contributed by atoms with E-state index in [9.17, 15) is 0 Å². The molecule has 1 aliphatic heterocycles. The van der Waals surface area contributed by atoms with Crippen molar-refractivity contribution in [2.45, 2.75) is 18.9 Å². The molecule has 1 aromatic carbocycles. The van der Waals surface area contributed by atoms with Gasteiger partial charge in [0.25, 0.3) is 0 Å². The Bertz CT molecular complexity index is 467. The van der Waals surface area contributed by atoms with Crippen LogP contribution in [0.25, 0.3) is 0 Å². The second-order valence-electron chi connectivity index (χ2n) is 5.11. The molecule has 21 heavy (non-hydrogen) atoms. The molecule has 0 atom stereocenters. The fraction of sp³-hybridized carbons (Fsp3) is 0.529. The second-order valence-corrected chi connectivity index (χ2v) is 5.11. The molecule has 1 heterocycles. The van der Waals surface area contributed by atoms with Crippen LogP contribution in [0, 0.1) is 11.8 Å². The van der Waals surface area contributed by atoms with Crippen molar-refractivity contribution < 1.29 is 14.6 Å². The molecule has 0 radical (unpaired) electrons. The first kappa shape index (κ1) is 15.8. The SMILES string of the molecule is COC1CCN(CCOc2ccc(C#CCO)cc2)CC1. The Morgan fingerprint density at radius 1 is 1.24 bits per heavy atom. The quantitative estimate of drug-likeness (QED) is 0.835. The predicted molar refractivity (Wildman–Crippen MR) is 82.4 cm³/mol. The molecule has 2 rings (SSSR count). The van der Waals surface area contributed by atoms with Crippen LogP contribution in [0.5, 0.6) is 5.75 Å². The van der Waals surface area contributed by atoms with E-state index in [0.717, 1.165) is 43.8 Å². The van der Waals surface area contributed by atoms with Gasteiger partial charge in [-0.2, -0.15) is 0 Å². The summed E-state index contributed by atoms with van der Waals surface area (Å²) in [4.78, 5) is 2.41. The van der Waals surface area contributed by atoms with Crippen LogP contribution in [0.4, 0.5) is 0 Å². The van der Waals surface area contributed by atoms with Crippen LogP contribution in [-0.4, -0.2) is 56.1 Å². The largest absolute Gasteiger partial charge is 0.492 e. The van der Waals surface area contributed by atoms with Crippen LogP contribution >= 0.6 is 0 Å². The number of aliphatic hydroxyl groups is 1. The van der Waals surface area contributed by atoms with Crippen molar-refractivity contribution in [3.05, 3.63) is 29.8 Å². The molecule has 1 fully saturated rings. The third-order valence-electron chi connectivity index (χ3n) is 3.71. The molecule has 114 valence electrons. The number of hydrogen-bond acceptors (Lipinski definition) is 4. The Morgan fingerprint density at radius 2 is 1.95 bits per heavy atom. The Hall–Kier alpha value is -1.54. The number of rotatable bonds is 5. The smallest absolute Gasteiger partial charge is 0.119 e. The maximum Gasteiger partial charge on any atom is 0.119 e. The normalized spacial score (nSPS) is 16.3. The van der Waals surface area contributed by atoms with E-state index in [1.54, 1.807) is 7.11 Å². The van der Waals surface area contributed by atoms with Gasteiger partial charge in [-0.3, -0.25) is 4.90 Å². The van der Waals surface area contributed by atoms with E-state index >= 15 is 0 Å². The number of likely N-dealkylation sites (tertiary alicyclic amines) is 1. The lowest BCUT2D eigenvalue weighted by atomic mass is 10.1. The zero-order valence-electron chi connectivity index (χ0n) is 12.5. The lowest BCUT2D eigenvalue weighted by molar-refractivity contribution is 0.0375. The molecule has 0 aromatic heterocycles. The van der Waals surface area contributed by atoms with E-state index in [2.05, 4.69) is 16.7 Å². The highest BCUT2D eigenvalue weighted by molar-refractivity contribution is 5.38. The molecule has 0 aliphatic carbocycles. The van der Waals surface area contributed by atoms with Crippen LogP contribution in [0.15, 0.2) is 24.3 Å². The molecular formula is C17H23NO3. The van der Waals surface area contributed by atoms with Gasteiger partial charge < -0.3 is 14.6 Å². The number of ether oxygens (including phenoxy) is 2. The van der Waals surface area contributed by atoms with Gasteiger partial charge in [-0.1, -0.05) is 11.8 Å². The summed E-state index contributed by atoms with van der Waals surface area (Å²) in [5, 5.41) is 8.64. The van der Waals surface area contributed by atoms with E-state index < -0.39 is 0 Å². The zero-order valence-corrected chi connectivity index (χ0v) is 12.5. The third-order valence-corrected chi connectivity index (χ3v) is 3.71. The molecule has 4 nitrogen and oxygen atoms in total. The fourth-order valence-corrected chi connectivity index (χ4v) is 2.44. The van der Waals surface area contributed by atoms with Crippen molar-refractivity contribution in [3.8, 4) is 17.6 Å². The number of methoxy groups -OCH3 is 1. The molecule has 0 spiro atoms. The highest BCUT2D eigenvalue weighted by atomic mass is 16.5. The summed E-state index contributed by atoms with van der Waals surface area (Å²) >= 11 is 0. The van der Waals surface area contributed by atoms with Crippen LogP contribution in [0.3, 0.4) is 0 Å². The topological polar surface area (TPSA) is 41.9 Å². The van der Waals surface area contributed by atoms with Gasteiger partial charge >= 0.3 is 0 Å². The van der Waals surface area contributed by atoms with Crippen molar-refractivity contribution in [1.29, 1.82) is 0 Å². The first-order valence-corrected chi connectivity index (χ1v) is 7.39. The van der Waals surface area contributed by atoms with Gasteiger partial charge in [0.2, 0.25) is 0 Å². The van der Waals surface area contributed by atoms with Crippen molar-refractivity contribution in [2.75, 3.05) is 40.0 Å². The van der Waals surface area contributed by atoms with Gasteiger partial charge in [0.1, 0.15) is 19.0 Å². The summed E-state index contributed by atoms with van der Waals surface area (Å²) in [5.41, 5.74) is 0.887. The molecule has 0 bridgehead atoms. The highest BCUT2D eigenvalue weighted by Crippen LogP contribution is 2.14. The monoisotopic (exact) mass is 289 g/mol. The predicted octanol–water partition coefficient (Wildman–Crippen LogP) is 1.52. The minimum atomic E-state index is -0.113. The van der Waals surface area contributed by atoms with E-state index in [1.807, 2.05) is 24.3 Å². The summed E-state index contributed by atoms with van der Waals surface area (Å²) < 4.78 is 11.1. The standard InChI is InChI=1S/C17H23NO3/c1-20-16-8-10-18(11-9-16)12-14-21-17-6-4-15(5-7-17)3-2-13-19/h4-7,16,19H,8-14H2,1H3. The average molecular weight is 289 g/mol. The maximum absolute atomic E-state index is 8.64. The molecule has 0 unspecified atom stereocenters. The first-order valence-electron chi connectivity index (χ1n) is 7.39. The number of piperidine rings is 1. The molecule has 1 saturated heterocycles. The van der Waals surface area contributed by atoms with Crippen molar-refractivity contribution in [3.63, 3.8) is 0 Å². The minimum Gasteiger partial charge on any atom is -0.492 e. The lowest BCUT2D eigenvalue weighted by Crippen LogP contribution is -2.38. The Labute approximate surface area is 126 Å². The van der Waals surface area contributed by atoms with Gasteiger partial charge in [-0.15, -0.1) is 0 Å². The number of aliphatic hydroxyl groups excluding tert-OH is 1. The Kier molecular flexibility index (Phi) is 6.55. The van der Waals surface area contributed by atoms with Gasteiger partial charge in [0, 0.05) is 32.3 Å². The second kappa shape index (κ2) is 8.68. The molecule has 0 amide bonds. The van der Waals surface area contributed by atoms with Crippen molar-refractivity contribution in [2.24, 2.45) is 0 Å². The van der Waals surface area contributed by atoms with Gasteiger partial charge in [0.15, 0.2) is 0 Å². The zero-order chi connectivity index (χ0) is 14.9. The lowest BCUT2D eigenvalue weighted by Gasteiger charge is -2.30.